The fourth-order valence-electron chi connectivity index (χ4n) is 2.41. The van der Waals surface area contributed by atoms with Gasteiger partial charge >= 0.3 is 11.6 Å². The molecule has 1 heterocycles. The summed E-state index contributed by atoms with van der Waals surface area (Å²) >= 11 is 0. The monoisotopic (exact) mass is 374 g/mol. The second kappa shape index (κ2) is 7.28. The maximum Gasteiger partial charge on any atom is 0.347 e. The van der Waals surface area contributed by atoms with E-state index in [1.165, 1.54) is 24.3 Å². The Morgan fingerprint density at radius 1 is 1.19 bits per heavy atom. The number of aromatic carboxylic acids is 1. The zero-order valence-corrected chi connectivity index (χ0v) is 13.6. The lowest BCUT2D eigenvalue weighted by Gasteiger charge is -2.06. The highest BCUT2D eigenvalue weighted by Crippen LogP contribution is 2.29. The van der Waals surface area contributed by atoms with Gasteiger partial charge in [0.1, 0.15) is 34.8 Å². The topological polar surface area (TPSA) is 97.0 Å². The quantitative estimate of drug-likeness (QED) is 0.663. The van der Waals surface area contributed by atoms with E-state index in [-0.39, 0.29) is 34.5 Å². The zero-order valence-electron chi connectivity index (χ0n) is 13.6. The predicted molar refractivity (Wildman–Crippen MR) is 92.0 cm³/mol. The number of carboxylic acids is 1. The van der Waals surface area contributed by atoms with Crippen molar-refractivity contribution in [1.82, 2.24) is 0 Å². The maximum atomic E-state index is 13.4. The second-order valence-corrected chi connectivity index (χ2v) is 5.43. The number of aromatic hydroxyl groups is 1. The van der Waals surface area contributed by atoms with Gasteiger partial charge in [0.15, 0.2) is 11.6 Å². The molecule has 3 aromatic rings. The Bertz CT molecular complexity index is 1120. The summed E-state index contributed by atoms with van der Waals surface area (Å²) in [6.07, 6.45) is 2.53. The number of halogens is 2. The standard InChI is InChI=1S/C19H12F2O6/c20-13-8-12-16(9-14(13)21)27-19(25)11(17(12)22)5-3-7-26-15-6-2-1-4-10(15)18(23)24/h1-6,8-9,22H,7H2,(H,23,24). The van der Waals surface area contributed by atoms with Crippen molar-refractivity contribution in [1.29, 1.82) is 0 Å². The molecule has 0 fully saturated rings. The van der Waals surface area contributed by atoms with Gasteiger partial charge in [-0.05, 0) is 30.4 Å². The molecule has 0 unspecified atom stereocenters. The average Bonchev–Trinajstić information content (AvgIpc) is 2.63. The number of fused-ring (bicyclic) bond motifs is 1. The van der Waals surface area contributed by atoms with Gasteiger partial charge < -0.3 is 19.4 Å². The van der Waals surface area contributed by atoms with Crippen LogP contribution >= 0.6 is 0 Å². The van der Waals surface area contributed by atoms with E-state index < -0.39 is 29.0 Å². The molecule has 0 saturated heterocycles. The van der Waals surface area contributed by atoms with Crippen LogP contribution in [0.1, 0.15) is 15.9 Å². The Morgan fingerprint density at radius 3 is 2.63 bits per heavy atom. The molecule has 0 aliphatic carbocycles. The van der Waals surface area contributed by atoms with Crippen LogP contribution in [-0.4, -0.2) is 22.8 Å². The van der Waals surface area contributed by atoms with Gasteiger partial charge in [0, 0.05) is 6.07 Å². The SMILES string of the molecule is O=C(O)c1ccccc1OCC=Cc1c(O)c2cc(F)c(F)cc2oc1=O. The van der Waals surface area contributed by atoms with Crippen molar-refractivity contribution in [3.63, 3.8) is 0 Å². The van der Waals surface area contributed by atoms with Crippen molar-refractivity contribution in [3.05, 3.63) is 75.7 Å². The third-order valence-corrected chi connectivity index (χ3v) is 3.69. The van der Waals surface area contributed by atoms with Gasteiger partial charge in [-0.25, -0.2) is 18.4 Å². The van der Waals surface area contributed by atoms with Crippen molar-refractivity contribution in [2.24, 2.45) is 0 Å². The number of hydrogen-bond acceptors (Lipinski definition) is 5. The minimum atomic E-state index is -1.21. The zero-order chi connectivity index (χ0) is 19.6. The molecule has 1 aromatic heterocycles. The Kier molecular flexibility index (Phi) is 4.89. The molecular formula is C19H12F2O6. The van der Waals surface area contributed by atoms with E-state index in [0.717, 1.165) is 6.07 Å². The first-order valence-electron chi connectivity index (χ1n) is 7.65. The minimum absolute atomic E-state index is 0.0310. The number of hydrogen-bond donors (Lipinski definition) is 2. The molecule has 0 aliphatic rings. The first kappa shape index (κ1) is 18.1. The Labute approximate surface area is 150 Å². The van der Waals surface area contributed by atoms with Gasteiger partial charge in [-0.3, -0.25) is 0 Å². The second-order valence-electron chi connectivity index (χ2n) is 5.43. The van der Waals surface area contributed by atoms with Gasteiger partial charge in [0.25, 0.3) is 0 Å². The molecule has 27 heavy (non-hydrogen) atoms. The average molecular weight is 374 g/mol. The first-order chi connectivity index (χ1) is 12.9. The molecular weight excluding hydrogens is 362 g/mol. The Morgan fingerprint density at radius 2 is 1.89 bits per heavy atom. The molecule has 6 nitrogen and oxygen atoms in total. The summed E-state index contributed by atoms with van der Waals surface area (Å²) < 4.78 is 36.8. The lowest BCUT2D eigenvalue weighted by Crippen LogP contribution is -2.05. The minimum Gasteiger partial charge on any atom is -0.506 e. The van der Waals surface area contributed by atoms with E-state index in [0.29, 0.717) is 6.07 Å². The summed E-state index contributed by atoms with van der Waals surface area (Å²) in [6.45, 7) is -0.112. The van der Waals surface area contributed by atoms with Crippen LogP contribution in [0.3, 0.4) is 0 Å². The number of para-hydroxylation sites is 1. The maximum absolute atomic E-state index is 13.4. The predicted octanol–water partition coefficient (Wildman–Crippen LogP) is 3.57. The summed E-state index contributed by atoms with van der Waals surface area (Å²) in [5.41, 5.74) is -1.55. The molecule has 3 rings (SSSR count). The van der Waals surface area contributed by atoms with E-state index in [1.807, 2.05) is 0 Å². The molecule has 0 saturated carbocycles. The third kappa shape index (κ3) is 3.64. The summed E-state index contributed by atoms with van der Waals surface area (Å²) in [5.74, 6) is -4.00. The third-order valence-electron chi connectivity index (χ3n) is 3.69. The number of benzene rings is 2. The largest absolute Gasteiger partial charge is 0.506 e. The number of rotatable bonds is 5. The molecule has 0 spiro atoms. The number of ether oxygens (including phenoxy) is 1. The Hall–Kier alpha value is -3.68. The van der Waals surface area contributed by atoms with Gasteiger partial charge in [-0.15, -0.1) is 0 Å². The molecule has 8 heteroatoms. The summed E-state index contributed by atoms with van der Waals surface area (Å²) in [4.78, 5) is 23.0. The molecule has 2 N–H and O–H groups in total. The van der Waals surface area contributed by atoms with E-state index >= 15 is 0 Å². The van der Waals surface area contributed by atoms with Gasteiger partial charge in [0.2, 0.25) is 0 Å². The fraction of sp³-hybridized carbons (Fsp3) is 0.0526. The normalized spacial score (nSPS) is 11.2. The van der Waals surface area contributed by atoms with Gasteiger partial charge in [0.05, 0.1) is 5.39 Å². The van der Waals surface area contributed by atoms with Crippen molar-refractivity contribution in [2.75, 3.05) is 6.61 Å². The molecule has 0 atom stereocenters. The highest BCUT2D eigenvalue weighted by molar-refractivity contribution is 5.90. The first-order valence-corrected chi connectivity index (χ1v) is 7.65. The van der Waals surface area contributed by atoms with Crippen LogP contribution in [0, 0.1) is 11.6 Å². The Balaban J connectivity index is 1.86. The smallest absolute Gasteiger partial charge is 0.347 e. The van der Waals surface area contributed by atoms with Crippen LogP contribution in [-0.2, 0) is 0 Å². The highest BCUT2D eigenvalue weighted by atomic mass is 19.2. The molecule has 2 aromatic carbocycles. The van der Waals surface area contributed by atoms with Crippen molar-refractivity contribution in [3.8, 4) is 11.5 Å². The van der Waals surface area contributed by atoms with Crippen LogP contribution in [0.5, 0.6) is 11.5 Å². The van der Waals surface area contributed by atoms with Crippen LogP contribution in [0.25, 0.3) is 17.0 Å². The fourth-order valence-corrected chi connectivity index (χ4v) is 2.41. The summed E-state index contributed by atoms with van der Waals surface area (Å²) in [6, 6.07) is 7.38. The van der Waals surface area contributed by atoms with Gasteiger partial charge in [-0.2, -0.15) is 0 Å². The molecule has 0 radical (unpaired) electrons. The van der Waals surface area contributed by atoms with Crippen molar-refractivity contribution in [2.45, 2.75) is 0 Å². The molecule has 138 valence electrons. The highest BCUT2D eigenvalue weighted by Gasteiger charge is 2.15. The van der Waals surface area contributed by atoms with E-state index in [4.69, 9.17) is 14.3 Å². The van der Waals surface area contributed by atoms with Crippen molar-refractivity contribution >= 4 is 23.0 Å². The van der Waals surface area contributed by atoms with Crippen LogP contribution in [0.2, 0.25) is 0 Å². The molecule has 0 bridgehead atoms. The summed E-state index contributed by atoms with van der Waals surface area (Å²) in [5, 5.41) is 19.1. The van der Waals surface area contributed by atoms with Crippen LogP contribution in [0.15, 0.2) is 51.7 Å². The van der Waals surface area contributed by atoms with E-state index in [2.05, 4.69) is 0 Å². The molecule has 0 aliphatic heterocycles. The lowest BCUT2D eigenvalue weighted by atomic mass is 10.1. The van der Waals surface area contributed by atoms with Gasteiger partial charge in [-0.1, -0.05) is 12.1 Å². The van der Waals surface area contributed by atoms with E-state index in [9.17, 15) is 23.5 Å². The summed E-state index contributed by atoms with van der Waals surface area (Å²) in [7, 11) is 0. The molecule has 0 amide bonds. The van der Waals surface area contributed by atoms with Crippen molar-refractivity contribution < 1.29 is 32.9 Å². The van der Waals surface area contributed by atoms with Crippen LogP contribution in [0.4, 0.5) is 8.78 Å². The number of carboxylic acid groups (broad SMARTS) is 1. The lowest BCUT2D eigenvalue weighted by molar-refractivity contribution is 0.0693. The van der Waals surface area contributed by atoms with Crippen LogP contribution < -0.4 is 10.4 Å². The van der Waals surface area contributed by atoms with E-state index in [1.54, 1.807) is 12.1 Å². The number of carbonyl (C=O) groups is 1.